The van der Waals surface area contributed by atoms with Gasteiger partial charge in [0.05, 0.1) is 10.5 Å². The second-order valence-electron chi connectivity index (χ2n) is 7.88. The first-order chi connectivity index (χ1) is 14.9. The number of anilines is 1. The Morgan fingerprint density at radius 3 is 2.06 bits per heavy atom. The Balaban J connectivity index is 2.23. The van der Waals surface area contributed by atoms with Gasteiger partial charge in [0.25, 0.3) is 5.91 Å². The zero-order chi connectivity index (χ0) is 24.2. The fourth-order valence-electron chi connectivity index (χ4n) is 3.57. The summed E-state index contributed by atoms with van der Waals surface area (Å²) in [7, 11) is -3.73. The van der Waals surface area contributed by atoms with Gasteiger partial charge < -0.3 is 10.1 Å². The maximum Gasteiger partial charge on any atom is 0.339 e. The third-order valence-electron chi connectivity index (χ3n) is 5.35. The van der Waals surface area contributed by atoms with Gasteiger partial charge in [-0.25, -0.2) is 13.2 Å². The number of carbonyl (C=O) groups is 2. The average molecular weight is 461 g/mol. The molecule has 174 valence electrons. The summed E-state index contributed by atoms with van der Waals surface area (Å²) in [6.07, 6.45) is -1.06. The number of hydrogen-bond acceptors (Lipinski definition) is 5. The normalized spacial score (nSPS) is 12.5. The molecule has 2 aromatic carbocycles. The maximum absolute atomic E-state index is 12.8. The van der Waals surface area contributed by atoms with Crippen molar-refractivity contribution in [2.75, 3.05) is 18.4 Å². The van der Waals surface area contributed by atoms with Crippen molar-refractivity contribution in [3.8, 4) is 0 Å². The summed E-state index contributed by atoms with van der Waals surface area (Å²) in [5.74, 6) is -1.21. The minimum absolute atomic E-state index is 0.0155. The number of carbonyl (C=O) groups excluding carboxylic acids is 2. The maximum atomic E-state index is 12.8. The molecule has 0 aliphatic heterocycles. The van der Waals surface area contributed by atoms with E-state index in [1.807, 2.05) is 32.9 Å². The number of esters is 1. The van der Waals surface area contributed by atoms with E-state index in [2.05, 4.69) is 5.32 Å². The fourth-order valence-corrected chi connectivity index (χ4v) is 5.06. The third-order valence-corrected chi connectivity index (χ3v) is 7.40. The Morgan fingerprint density at radius 1 is 0.969 bits per heavy atom. The molecule has 8 heteroatoms. The number of benzene rings is 2. The second-order valence-corrected chi connectivity index (χ2v) is 9.81. The second kappa shape index (κ2) is 10.3. The van der Waals surface area contributed by atoms with E-state index in [0.717, 1.165) is 16.7 Å². The van der Waals surface area contributed by atoms with Crippen LogP contribution in [0.25, 0.3) is 0 Å². The van der Waals surface area contributed by atoms with Crippen molar-refractivity contribution in [2.45, 2.75) is 59.5 Å². The summed E-state index contributed by atoms with van der Waals surface area (Å²) < 4.78 is 32.3. The number of nitrogens with zero attached hydrogens (tertiary/aromatic N) is 1. The van der Waals surface area contributed by atoms with E-state index in [9.17, 15) is 18.0 Å². The van der Waals surface area contributed by atoms with Gasteiger partial charge in [-0.15, -0.1) is 0 Å². The lowest BCUT2D eigenvalue weighted by Gasteiger charge is -2.20. The zero-order valence-electron chi connectivity index (χ0n) is 19.8. The lowest BCUT2D eigenvalue weighted by molar-refractivity contribution is -0.123. The highest BCUT2D eigenvalue weighted by Crippen LogP contribution is 2.23. The average Bonchev–Trinajstić information content (AvgIpc) is 2.71. The smallest absolute Gasteiger partial charge is 0.339 e. The third kappa shape index (κ3) is 5.55. The molecule has 1 atom stereocenters. The Bertz CT molecular complexity index is 1100. The molecule has 1 N–H and O–H groups in total. The highest BCUT2D eigenvalue weighted by atomic mass is 32.2. The van der Waals surface area contributed by atoms with Gasteiger partial charge in [0.1, 0.15) is 0 Å². The van der Waals surface area contributed by atoms with Crippen molar-refractivity contribution in [2.24, 2.45) is 0 Å². The number of sulfonamides is 1. The lowest BCUT2D eigenvalue weighted by atomic mass is 10.0. The van der Waals surface area contributed by atoms with Crippen LogP contribution in [0.15, 0.2) is 35.2 Å². The minimum Gasteiger partial charge on any atom is -0.449 e. The molecule has 2 aromatic rings. The number of hydrogen-bond donors (Lipinski definition) is 1. The number of ether oxygens (including phenoxy) is 1. The van der Waals surface area contributed by atoms with Crippen molar-refractivity contribution in [1.29, 1.82) is 0 Å². The lowest BCUT2D eigenvalue weighted by Crippen LogP contribution is -2.32. The van der Waals surface area contributed by atoms with Gasteiger partial charge >= 0.3 is 5.97 Å². The van der Waals surface area contributed by atoms with E-state index < -0.39 is 28.0 Å². The number of rotatable bonds is 8. The molecule has 1 amide bonds. The van der Waals surface area contributed by atoms with Crippen LogP contribution in [0.1, 0.15) is 53.4 Å². The predicted molar refractivity (Wildman–Crippen MR) is 125 cm³/mol. The molecule has 0 saturated carbocycles. The van der Waals surface area contributed by atoms with E-state index in [4.69, 9.17) is 4.74 Å². The van der Waals surface area contributed by atoms with Crippen molar-refractivity contribution < 1.29 is 22.7 Å². The predicted octanol–water partition coefficient (Wildman–Crippen LogP) is 4.13. The standard InChI is InChI=1S/C24H32N2O5S/c1-8-26(9-2)32(29,30)20-11-10-16(4)21(14-20)24(28)31-19(7)23(27)25-22-17(5)12-15(3)13-18(22)6/h10-14,19H,8-9H2,1-7H3,(H,25,27). The molecule has 0 aliphatic rings. The molecule has 32 heavy (non-hydrogen) atoms. The van der Waals surface area contributed by atoms with Crippen LogP contribution < -0.4 is 5.32 Å². The first kappa shape index (κ1) is 25.5. The first-order valence-corrected chi connectivity index (χ1v) is 12.1. The van der Waals surface area contributed by atoms with E-state index in [1.165, 1.54) is 23.4 Å². The number of nitrogens with one attached hydrogen (secondary N) is 1. The van der Waals surface area contributed by atoms with E-state index >= 15 is 0 Å². The molecule has 0 fully saturated rings. The summed E-state index contributed by atoms with van der Waals surface area (Å²) in [5, 5.41) is 2.82. The Morgan fingerprint density at radius 2 is 1.53 bits per heavy atom. The molecular formula is C24H32N2O5S. The van der Waals surface area contributed by atoms with Crippen molar-refractivity contribution >= 4 is 27.6 Å². The Kier molecular flexibility index (Phi) is 8.20. The van der Waals surface area contributed by atoms with Crippen LogP contribution in [0.5, 0.6) is 0 Å². The quantitative estimate of drug-likeness (QED) is 0.598. The van der Waals surface area contributed by atoms with Crippen LogP contribution in [-0.4, -0.2) is 43.8 Å². The summed E-state index contributed by atoms with van der Waals surface area (Å²) in [6, 6.07) is 8.27. The largest absolute Gasteiger partial charge is 0.449 e. The SMILES string of the molecule is CCN(CC)S(=O)(=O)c1ccc(C)c(C(=O)OC(C)C(=O)Nc2c(C)cc(C)cc2C)c1. The van der Waals surface area contributed by atoms with Gasteiger partial charge in [-0.3, -0.25) is 4.79 Å². The monoisotopic (exact) mass is 460 g/mol. The highest BCUT2D eigenvalue weighted by molar-refractivity contribution is 7.89. The molecule has 0 heterocycles. The van der Waals surface area contributed by atoms with Gasteiger partial charge in [0, 0.05) is 18.8 Å². The highest BCUT2D eigenvalue weighted by Gasteiger charge is 2.26. The molecule has 0 radical (unpaired) electrons. The summed E-state index contributed by atoms with van der Waals surface area (Å²) in [5.41, 5.74) is 4.28. The zero-order valence-corrected chi connectivity index (χ0v) is 20.6. The van der Waals surface area contributed by atoms with Crippen LogP contribution in [0.3, 0.4) is 0 Å². The molecule has 0 spiro atoms. The van der Waals surface area contributed by atoms with E-state index in [1.54, 1.807) is 26.8 Å². The number of aryl methyl sites for hydroxylation is 4. The topological polar surface area (TPSA) is 92.8 Å². The summed E-state index contributed by atoms with van der Waals surface area (Å²) in [6.45, 7) is 13.1. The Hall–Kier alpha value is -2.71. The minimum atomic E-state index is -3.73. The molecule has 0 aliphatic carbocycles. The van der Waals surface area contributed by atoms with Crippen LogP contribution in [0, 0.1) is 27.7 Å². The van der Waals surface area contributed by atoms with Crippen molar-refractivity contribution in [1.82, 2.24) is 4.31 Å². The molecule has 0 bridgehead atoms. The van der Waals surface area contributed by atoms with E-state index in [0.29, 0.717) is 24.3 Å². The molecule has 0 saturated heterocycles. The molecule has 2 rings (SSSR count). The van der Waals surface area contributed by atoms with Crippen LogP contribution in [-0.2, 0) is 19.6 Å². The molecule has 0 aromatic heterocycles. The van der Waals surface area contributed by atoms with Gasteiger partial charge in [0.2, 0.25) is 10.0 Å². The van der Waals surface area contributed by atoms with Crippen molar-refractivity contribution in [3.05, 3.63) is 58.1 Å². The fraction of sp³-hybridized carbons (Fsp3) is 0.417. The van der Waals surface area contributed by atoms with Gasteiger partial charge in [-0.05, 0) is 63.4 Å². The van der Waals surface area contributed by atoms with Crippen molar-refractivity contribution in [3.63, 3.8) is 0 Å². The number of amides is 1. The molecular weight excluding hydrogens is 428 g/mol. The van der Waals surface area contributed by atoms with Gasteiger partial charge in [0.15, 0.2) is 6.10 Å². The first-order valence-electron chi connectivity index (χ1n) is 10.6. The van der Waals surface area contributed by atoms with Gasteiger partial charge in [-0.1, -0.05) is 37.6 Å². The summed E-state index contributed by atoms with van der Waals surface area (Å²) in [4.78, 5) is 25.5. The van der Waals surface area contributed by atoms with E-state index in [-0.39, 0.29) is 10.5 Å². The van der Waals surface area contributed by atoms with Crippen LogP contribution >= 0.6 is 0 Å². The van der Waals surface area contributed by atoms with Crippen LogP contribution in [0.2, 0.25) is 0 Å². The van der Waals surface area contributed by atoms with Crippen LogP contribution in [0.4, 0.5) is 5.69 Å². The van der Waals surface area contributed by atoms with Gasteiger partial charge in [-0.2, -0.15) is 4.31 Å². The Labute approximate surface area is 190 Å². The molecule has 1 unspecified atom stereocenters. The summed E-state index contributed by atoms with van der Waals surface area (Å²) >= 11 is 0. The molecule has 7 nitrogen and oxygen atoms in total.